The summed E-state index contributed by atoms with van der Waals surface area (Å²) in [5.74, 6) is -0.861. The first kappa shape index (κ1) is 10.2. The van der Waals surface area contributed by atoms with Crippen LogP contribution in [0.4, 0.5) is 0 Å². The summed E-state index contributed by atoms with van der Waals surface area (Å²) in [6, 6.07) is 0. The van der Waals surface area contributed by atoms with E-state index in [4.69, 9.17) is 5.11 Å². The zero-order valence-electron chi connectivity index (χ0n) is 5.86. The van der Waals surface area contributed by atoms with E-state index in [1.807, 2.05) is 0 Å². The molecule has 0 aliphatic carbocycles. The van der Waals surface area contributed by atoms with Crippen molar-refractivity contribution < 1.29 is 9.90 Å². The van der Waals surface area contributed by atoms with Crippen LogP contribution in [0.2, 0.25) is 0 Å². The molecule has 11 heavy (non-hydrogen) atoms. The third kappa shape index (κ3) is 3.79. The molecule has 0 amide bonds. The number of rotatable bonds is 3. The van der Waals surface area contributed by atoms with E-state index in [2.05, 4.69) is 10.4 Å². The van der Waals surface area contributed by atoms with Crippen LogP contribution in [-0.4, -0.2) is 42.1 Å². The van der Waals surface area contributed by atoms with Crippen molar-refractivity contribution in [3.8, 4) is 0 Å². The van der Waals surface area contributed by atoms with E-state index in [0.717, 1.165) is 13.1 Å². The van der Waals surface area contributed by atoms with Crippen molar-refractivity contribution in [2.24, 2.45) is 4.99 Å². The van der Waals surface area contributed by atoms with Gasteiger partial charge in [0.05, 0.1) is 19.4 Å². The van der Waals surface area contributed by atoms with Crippen molar-refractivity contribution >= 4 is 24.7 Å². The fraction of sp³-hybridized carbons (Fsp3) is 0.600. The zero-order valence-corrected chi connectivity index (χ0v) is 6.67. The highest BCUT2D eigenvalue weighted by atomic mass is 35.5. The smallest absolute Gasteiger partial charge is 0.319 e. The van der Waals surface area contributed by atoms with Gasteiger partial charge in [0.1, 0.15) is 6.54 Å². The average molecular weight is 180 g/mol. The Morgan fingerprint density at radius 3 is 3.00 bits per heavy atom. The van der Waals surface area contributed by atoms with Crippen molar-refractivity contribution in [3.05, 3.63) is 0 Å². The number of nitrogens with one attached hydrogen (secondary N) is 1. The number of aliphatic carboxylic acids is 1. The summed E-state index contributed by atoms with van der Waals surface area (Å²) in [7, 11) is 0. The predicted molar refractivity (Wildman–Crippen MR) is 43.0 cm³/mol. The molecule has 0 bridgehead atoms. The molecule has 0 radical (unpaired) electrons. The van der Waals surface area contributed by atoms with Gasteiger partial charge in [-0.05, 0) is 0 Å². The molecule has 0 atom stereocenters. The first-order valence-corrected chi connectivity index (χ1v) is 3.01. The summed E-state index contributed by atoms with van der Waals surface area (Å²) in [5.41, 5.74) is 2.67. The second kappa shape index (κ2) is 4.92. The van der Waals surface area contributed by atoms with E-state index in [9.17, 15) is 4.79 Å². The monoisotopic (exact) mass is 179 g/mol. The number of carbonyl (C=O) groups is 1. The minimum absolute atomic E-state index is 0. The Balaban J connectivity index is 0.000001000. The number of hydrogen-bond acceptors (Lipinski definition) is 4. The molecule has 0 spiro atoms. The molecule has 1 aliphatic rings. The number of nitrogens with zero attached hydrogens (tertiary/aromatic N) is 2. The molecule has 0 saturated carbocycles. The number of halogens is 1. The summed E-state index contributed by atoms with van der Waals surface area (Å²) in [5, 5.41) is 9.90. The van der Waals surface area contributed by atoms with Crippen LogP contribution in [0.1, 0.15) is 0 Å². The summed E-state index contributed by atoms with van der Waals surface area (Å²) >= 11 is 0. The lowest BCUT2D eigenvalue weighted by molar-refractivity contribution is -0.136. The Morgan fingerprint density at radius 1 is 1.82 bits per heavy atom. The lowest BCUT2D eigenvalue weighted by Gasteiger charge is -2.12. The number of carboxylic acid groups (broad SMARTS) is 1. The van der Waals surface area contributed by atoms with Crippen molar-refractivity contribution in [1.82, 2.24) is 10.4 Å². The normalized spacial score (nSPS) is 14.7. The molecule has 64 valence electrons. The summed E-state index contributed by atoms with van der Waals surface area (Å²) in [4.78, 5) is 13.9. The average Bonchev–Trinajstić information content (AvgIpc) is 2.34. The fourth-order valence-corrected chi connectivity index (χ4v) is 0.669. The second-order valence-electron chi connectivity index (χ2n) is 1.94. The molecule has 0 aromatic heterocycles. The maximum Gasteiger partial charge on any atom is 0.319 e. The van der Waals surface area contributed by atoms with Gasteiger partial charge in [0.15, 0.2) is 0 Å². The van der Waals surface area contributed by atoms with Crippen LogP contribution in [0, 0.1) is 0 Å². The third-order valence-electron chi connectivity index (χ3n) is 1.12. The number of hydrogen-bond donors (Lipinski definition) is 2. The molecule has 0 fully saturated rings. The largest absolute Gasteiger partial charge is 0.480 e. The zero-order chi connectivity index (χ0) is 7.40. The van der Waals surface area contributed by atoms with Crippen LogP contribution < -0.4 is 5.43 Å². The maximum absolute atomic E-state index is 10.0. The van der Waals surface area contributed by atoms with Crippen molar-refractivity contribution in [2.45, 2.75) is 0 Å². The Morgan fingerprint density at radius 2 is 2.55 bits per heavy atom. The van der Waals surface area contributed by atoms with Crippen molar-refractivity contribution in [3.63, 3.8) is 0 Å². The van der Waals surface area contributed by atoms with Crippen LogP contribution in [-0.2, 0) is 4.79 Å². The first-order valence-electron chi connectivity index (χ1n) is 3.01. The van der Waals surface area contributed by atoms with E-state index in [-0.39, 0.29) is 19.0 Å². The van der Waals surface area contributed by atoms with Gasteiger partial charge in [-0.25, -0.2) is 5.43 Å². The Bertz CT molecular complexity index is 162. The standard InChI is InChI=1S/C5H9N3O2.ClH/c9-5(10)3-7-8-2-1-6-4-8;/h4,7H,1-3H2,(H,9,10);1H. The lowest BCUT2D eigenvalue weighted by atomic mass is 10.6. The highest BCUT2D eigenvalue weighted by molar-refractivity contribution is 5.85. The summed E-state index contributed by atoms with van der Waals surface area (Å²) < 4.78 is 0. The van der Waals surface area contributed by atoms with Crippen LogP contribution >= 0.6 is 12.4 Å². The Labute approximate surface area is 70.5 Å². The first-order chi connectivity index (χ1) is 4.79. The quantitative estimate of drug-likeness (QED) is 0.604. The van der Waals surface area contributed by atoms with E-state index in [0.29, 0.717) is 0 Å². The van der Waals surface area contributed by atoms with Crippen LogP contribution in [0.25, 0.3) is 0 Å². The molecule has 0 aromatic carbocycles. The molecular weight excluding hydrogens is 170 g/mol. The van der Waals surface area contributed by atoms with Gasteiger partial charge in [-0.1, -0.05) is 0 Å². The van der Waals surface area contributed by atoms with Gasteiger partial charge >= 0.3 is 5.97 Å². The Hall–Kier alpha value is -0.810. The van der Waals surface area contributed by atoms with Gasteiger partial charge in [-0.2, -0.15) is 0 Å². The number of carboxylic acids is 1. The SMILES string of the molecule is Cl.O=C(O)CNN1C=NCC1. The van der Waals surface area contributed by atoms with E-state index < -0.39 is 5.97 Å². The predicted octanol–water partition coefficient (Wildman–Crippen LogP) is -0.659. The topological polar surface area (TPSA) is 64.9 Å². The van der Waals surface area contributed by atoms with Crippen LogP contribution in [0.5, 0.6) is 0 Å². The minimum Gasteiger partial charge on any atom is -0.480 e. The summed E-state index contributed by atoms with van der Waals surface area (Å²) in [6.07, 6.45) is 1.60. The van der Waals surface area contributed by atoms with Gasteiger partial charge in [0, 0.05) is 0 Å². The lowest BCUT2D eigenvalue weighted by Crippen LogP contribution is -2.38. The van der Waals surface area contributed by atoms with E-state index in [1.54, 1.807) is 11.3 Å². The highest BCUT2D eigenvalue weighted by Crippen LogP contribution is 1.86. The summed E-state index contributed by atoms with van der Waals surface area (Å²) in [6.45, 7) is 1.45. The number of aliphatic imine (C=N–C) groups is 1. The fourth-order valence-electron chi connectivity index (χ4n) is 0.669. The molecule has 0 unspecified atom stereocenters. The van der Waals surface area contributed by atoms with Crippen LogP contribution in [0.15, 0.2) is 4.99 Å². The maximum atomic E-state index is 10.0. The minimum atomic E-state index is -0.861. The second-order valence-corrected chi connectivity index (χ2v) is 1.94. The highest BCUT2D eigenvalue weighted by Gasteiger charge is 2.04. The molecule has 1 rings (SSSR count). The molecule has 2 N–H and O–H groups in total. The van der Waals surface area contributed by atoms with E-state index >= 15 is 0 Å². The van der Waals surface area contributed by atoms with Gasteiger partial charge in [-0.15, -0.1) is 12.4 Å². The molecule has 1 heterocycles. The molecule has 0 saturated heterocycles. The van der Waals surface area contributed by atoms with E-state index in [1.165, 1.54) is 0 Å². The number of hydrazine groups is 1. The molecular formula is C5H10ClN3O2. The van der Waals surface area contributed by atoms with Gasteiger partial charge in [0.25, 0.3) is 0 Å². The Kier molecular flexibility index (Phi) is 4.56. The molecule has 6 heteroatoms. The molecule has 1 aliphatic heterocycles. The van der Waals surface area contributed by atoms with Gasteiger partial charge < -0.3 is 5.11 Å². The third-order valence-corrected chi connectivity index (χ3v) is 1.12. The molecule has 0 aromatic rings. The van der Waals surface area contributed by atoms with Crippen molar-refractivity contribution in [1.29, 1.82) is 0 Å². The van der Waals surface area contributed by atoms with Gasteiger partial charge in [0.2, 0.25) is 0 Å². The van der Waals surface area contributed by atoms with Crippen LogP contribution in [0.3, 0.4) is 0 Å². The van der Waals surface area contributed by atoms with Crippen molar-refractivity contribution in [2.75, 3.05) is 19.6 Å². The molecule has 5 nitrogen and oxygen atoms in total. The van der Waals surface area contributed by atoms with Gasteiger partial charge in [-0.3, -0.25) is 14.8 Å².